The van der Waals surface area contributed by atoms with Gasteiger partial charge in [-0.05, 0) is 110 Å². The molecule has 5 radical (unpaired) electrons. The van der Waals surface area contributed by atoms with E-state index in [0.29, 0.717) is 0 Å². The second-order valence-corrected chi connectivity index (χ2v) is 33.5. The van der Waals surface area contributed by atoms with E-state index >= 15 is 0 Å². The largest absolute Gasteiger partial charge is 0.661 e. The van der Waals surface area contributed by atoms with Crippen molar-refractivity contribution in [3.63, 3.8) is 0 Å². The smallest absolute Gasteiger partial charge is 0.129 e. The van der Waals surface area contributed by atoms with Crippen molar-refractivity contribution >= 4 is 56.7 Å². The van der Waals surface area contributed by atoms with E-state index in [-0.39, 0.29) is 101 Å². The summed E-state index contributed by atoms with van der Waals surface area (Å²) in [5, 5.41) is 44.6. The number of furan rings is 1. The molecule has 0 aliphatic rings. The molecule has 0 N–H and O–H groups in total. The molecule has 5 aromatic carbocycles. The third-order valence-electron chi connectivity index (χ3n) is 20.2. The van der Waals surface area contributed by atoms with E-state index in [1.807, 2.05) is 266 Å². The van der Waals surface area contributed by atoms with Crippen LogP contribution >= 0.6 is 56.7 Å². The van der Waals surface area contributed by atoms with Crippen LogP contribution in [0.3, 0.4) is 0 Å². The number of thiophene rings is 2. The van der Waals surface area contributed by atoms with Crippen LogP contribution < -0.4 is 4.98 Å². The molecule has 733 valence electrons. The Morgan fingerprint density at radius 3 is 1.48 bits per heavy atom. The van der Waals surface area contributed by atoms with Crippen LogP contribution in [0.25, 0.3) is 118 Å². The zero-order valence-electron chi connectivity index (χ0n) is 77.4. The Hall–Kier alpha value is -13.9. The van der Waals surface area contributed by atoms with Crippen molar-refractivity contribution in [2.45, 2.75) is 27.7 Å². The molecule has 0 unspecified atom stereocenters. The van der Waals surface area contributed by atoms with Gasteiger partial charge in [-0.2, -0.15) is 78.1 Å². The summed E-state index contributed by atoms with van der Waals surface area (Å²) in [7, 11) is 7.72. The number of imidazole rings is 4. The zero-order valence-corrected chi connectivity index (χ0v) is 93.5. The molecule has 29 nitrogen and oxygen atoms in total. The van der Waals surface area contributed by atoms with E-state index in [9.17, 15) is 0 Å². The van der Waals surface area contributed by atoms with E-state index in [2.05, 4.69) is 236 Å². The van der Waals surface area contributed by atoms with Gasteiger partial charge in [-0.25, -0.2) is 21.0 Å². The molecule has 0 spiro atoms. The summed E-state index contributed by atoms with van der Waals surface area (Å²) >= 11 is 7.79. The minimum absolute atomic E-state index is 0. The van der Waals surface area contributed by atoms with Gasteiger partial charge in [-0.15, -0.1) is 53.7 Å². The summed E-state index contributed by atoms with van der Waals surface area (Å²) in [4.78, 5) is 33.7. The zero-order chi connectivity index (χ0) is 95.0. The molecule has 0 fully saturated rings. The Bertz CT molecular complexity index is 7020. The average molecular weight is 2870 g/mol. The van der Waals surface area contributed by atoms with Crippen molar-refractivity contribution in [2.24, 2.45) is 28.2 Å². The summed E-state index contributed by atoms with van der Waals surface area (Å²) in [5.74, 6) is 3.39. The van der Waals surface area contributed by atoms with Gasteiger partial charge < -0.3 is 78.8 Å². The quantitative estimate of drug-likeness (QED) is 0.0863. The van der Waals surface area contributed by atoms with Gasteiger partial charge in [0.05, 0.1) is 11.3 Å². The molecule has 0 aliphatic heterocycles. The van der Waals surface area contributed by atoms with Crippen molar-refractivity contribution in [3.8, 4) is 118 Å². The second kappa shape index (κ2) is 56.1. The maximum Gasteiger partial charge on any atom is 0.129 e. The van der Waals surface area contributed by atoms with Crippen LogP contribution in [0.1, 0.15) is 22.3 Å². The number of aromatic nitrogens is 28. The maximum absolute atomic E-state index is 4.82. The summed E-state index contributed by atoms with van der Waals surface area (Å²) in [5.41, 5.74) is 24.5. The molecule has 0 atom stereocenters. The summed E-state index contributed by atoms with van der Waals surface area (Å²) in [6.07, 6.45) is 59.7. The number of aryl methyl sites for hydroxylation is 8. The Labute approximate surface area is 914 Å². The number of benzene rings is 5. The topological polar surface area (TPSA) is 272 Å². The van der Waals surface area contributed by atoms with Crippen molar-refractivity contribution in [3.05, 3.63) is 452 Å². The van der Waals surface area contributed by atoms with Crippen molar-refractivity contribution in [2.75, 3.05) is 0 Å². The number of rotatable bonds is 15. The Morgan fingerprint density at radius 1 is 0.420 bits per heavy atom. The van der Waals surface area contributed by atoms with Gasteiger partial charge in [0.25, 0.3) is 0 Å². The van der Waals surface area contributed by atoms with Crippen LogP contribution in [-0.4, -0.2) is 131 Å². The fourth-order valence-corrected chi connectivity index (χ4v) is 16.5. The third kappa shape index (κ3) is 29.9. The molecular weight excluding hydrogens is 2780 g/mol. The van der Waals surface area contributed by atoms with Crippen LogP contribution in [-0.2, 0) is 129 Å². The van der Waals surface area contributed by atoms with Crippen LogP contribution in [0.5, 0.6) is 0 Å². The van der Waals surface area contributed by atoms with E-state index in [4.69, 9.17) is 4.42 Å². The second-order valence-electron chi connectivity index (χ2n) is 29.6. The van der Waals surface area contributed by atoms with Crippen molar-refractivity contribution < 1.29 is 105 Å². The van der Waals surface area contributed by atoms with Gasteiger partial charge in [0.15, 0.2) is 0 Å². The van der Waals surface area contributed by atoms with E-state index in [1.165, 1.54) is 67.7 Å². The van der Waals surface area contributed by atoms with E-state index < -0.39 is 0 Å². The summed E-state index contributed by atoms with van der Waals surface area (Å²) in [6, 6.07) is 69.4. The first-order valence-electron chi connectivity index (χ1n) is 42.6. The van der Waals surface area contributed by atoms with Crippen LogP contribution in [0.2, 0.25) is 0 Å². The number of nitrogens with zero attached hydrogens (tertiary/aromatic N) is 28. The van der Waals surface area contributed by atoms with Crippen LogP contribution in [0.15, 0.2) is 380 Å². The molecule has 143 heavy (non-hydrogen) atoms. The van der Waals surface area contributed by atoms with Gasteiger partial charge >= 0.3 is 0 Å². The summed E-state index contributed by atoms with van der Waals surface area (Å²) in [6.45, 7) is 8.48. The molecule has 0 bridgehead atoms. The first-order chi connectivity index (χ1) is 67.8. The van der Waals surface area contributed by atoms with E-state index in [1.54, 1.807) is 157 Å². The minimum Gasteiger partial charge on any atom is -0.661 e. The van der Waals surface area contributed by atoms with Gasteiger partial charge in [-0.1, -0.05) is 248 Å². The van der Waals surface area contributed by atoms with Gasteiger partial charge in [0.2, 0.25) is 0 Å². The first kappa shape index (κ1) is 109. The fourth-order valence-electron chi connectivity index (χ4n) is 13.7. The van der Waals surface area contributed by atoms with Gasteiger partial charge in [-0.3, -0.25) is 48.9 Å². The van der Waals surface area contributed by atoms with Crippen molar-refractivity contribution in [1.82, 2.24) is 136 Å². The SMILES string of the molecule is Cc1cccc(C)c1-c1c[c-]n(-c2nccn2C)c1.Cc1cccc(C)c1-c1c[c-]n(-c2nccn2C)n1.Cn1[c-]c(-n2cccn2)cn1.Cn1ccnc1-c1cc(-c2ccccc2)c[n-]1.[Ir].[Ir].[Ir].[Ir].[Ir].[c-]1ccc(-c2ccccc2)n1-c1nccs1.[c-]1cocc1-n1cccn1.[c-]1ncc(-c2ccccc2)n1-c1cscn1.[c-]1ncsc1-n1cccn1.[c-]1sccc1-n1cccn1.[c-]1sccc1-n1cccn1. The Morgan fingerprint density at radius 2 is 0.979 bits per heavy atom. The van der Waals surface area contributed by atoms with Gasteiger partial charge in [0, 0.05) is 251 Å². The molecular formula is C104H86Ir5N28OS5-10. The van der Waals surface area contributed by atoms with Crippen molar-refractivity contribution in [1.29, 1.82) is 0 Å². The molecule has 25 rings (SSSR count). The number of thiazole rings is 3. The van der Waals surface area contributed by atoms with E-state index in [0.717, 1.165) is 90.3 Å². The average Bonchev–Trinajstić information content (AvgIpc) is 1.68. The maximum atomic E-state index is 4.82. The van der Waals surface area contributed by atoms with Crippen LogP contribution in [0, 0.1) is 81.8 Å². The standard InChI is InChI=1S/C16H16N3.C15H15N4.C14H12N3.C13H9N2S.C12H8N3S.C7H7N4.C7H5N2O.2C7H5N2S.C6H4N3S.5Ir/c1-12-5-4-6-13(2)15(12)14-7-9-19(11-14)16-17-8-10-18(16)3;1-11-5-4-6-12(2)14(11)13-7-9-19(17-13)15-16-8-10-18(15)3;1-17-8-7-15-14(17)13-9-12(10-16-13)11-5-3-2-4-6-11;1-2-5-11(6-3-1)12-7-4-9-15(12)13-14-8-10-16-13;1-2-4-10(5-3-1)11-6-13-8-15(11)12-7-16-9-14-12;1-10-6-7(5-9-10)11-4-2-3-8-11;3*1-3-8-9(4-1)7-2-5-10-6-7;1-2-8-9(3-1)6-4-7-5-10-6;;;;;/h4-8,10-11H,1-3H3;4-8,10H,1-3H3;2-10H,1H3;1-8,10H;1-7,9H;2-5H,1H3;1,3-6H;2*1-5H;1-3,5H;;;;;/q10*-1;;;;;. The van der Waals surface area contributed by atoms with Gasteiger partial charge in [0.1, 0.15) is 22.9 Å². The summed E-state index contributed by atoms with van der Waals surface area (Å²) < 4.78 is 28.5. The molecule has 20 heterocycles. The Kier molecular flexibility index (Phi) is 42.9. The normalized spacial score (nSPS) is 10.1. The molecule has 39 heteroatoms. The molecule has 25 aromatic rings. The first-order valence-corrected chi connectivity index (χ1v) is 47.1. The monoisotopic (exact) mass is 2870 g/mol. The molecule has 20 aromatic heterocycles. The third-order valence-corrected chi connectivity index (χ3v) is 23.5. The molecule has 0 saturated heterocycles. The minimum atomic E-state index is 0. The Balaban J connectivity index is 0.000000152. The molecule has 0 saturated carbocycles. The number of hydrogen-bond donors (Lipinski definition) is 0. The van der Waals surface area contributed by atoms with Crippen LogP contribution in [0.4, 0.5) is 0 Å². The molecule has 0 amide bonds. The number of hydrogen-bond acceptors (Lipinski definition) is 20. The molecule has 0 aliphatic carbocycles. The predicted octanol–water partition coefficient (Wildman–Crippen LogP) is 21.1. The predicted molar refractivity (Wildman–Crippen MR) is 539 cm³/mol. The fraction of sp³-hybridized carbons (Fsp3) is 0.0769.